The Morgan fingerprint density at radius 2 is 1.62 bits per heavy atom. The van der Waals surface area contributed by atoms with Crippen LogP contribution >= 0.6 is 11.6 Å². The van der Waals surface area contributed by atoms with Crippen LogP contribution in [-0.4, -0.2) is 59.0 Å². The van der Waals surface area contributed by atoms with E-state index in [0.29, 0.717) is 29.4 Å². The Bertz CT molecular complexity index is 2510. The molecule has 3 aromatic heterocycles. The van der Waals surface area contributed by atoms with Crippen LogP contribution in [0.5, 0.6) is 0 Å². The number of hydrogen-bond donors (Lipinski definition) is 3. The van der Waals surface area contributed by atoms with Crippen LogP contribution in [0.25, 0.3) is 5.65 Å². The molecule has 4 aliphatic rings. The van der Waals surface area contributed by atoms with Gasteiger partial charge < -0.3 is 24.6 Å². The summed E-state index contributed by atoms with van der Waals surface area (Å²) in [6.07, 6.45) is 9.99. The molecule has 3 aromatic carbocycles. The topological polar surface area (TPSA) is 138 Å². The summed E-state index contributed by atoms with van der Waals surface area (Å²) in [5, 5.41) is 28.5. The van der Waals surface area contributed by atoms with Crippen molar-refractivity contribution in [3.8, 4) is 0 Å². The third kappa shape index (κ3) is 6.10. The highest BCUT2D eigenvalue weighted by Gasteiger charge is 2.77. The maximum absolute atomic E-state index is 16.1. The van der Waals surface area contributed by atoms with Crippen molar-refractivity contribution in [2.24, 2.45) is 5.41 Å². The molecule has 308 valence electrons. The van der Waals surface area contributed by atoms with Gasteiger partial charge in [-0.15, -0.1) is 10.2 Å². The molecule has 1 saturated heterocycles. The van der Waals surface area contributed by atoms with Crippen LogP contribution in [-0.2, 0) is 15.0 Å². The molecule has 3 fully saturated rings. The maximum Gasteiger partial charge on any atom is 0.238 e. The molecular weight excluding hydrogens is 774 g/mol. The number of imidazole rings is 1. The number of aliphatic hydroxyl groups excluding tert-OH is 1. The summed E-state index contributed by atoms with van der Waals surface area (Å²) in [7, 11) is 0. The lowest BCUT2D eigenvalue weighted by Crippen LogP contribution is -2.64. The predicted molar refractivity (Wildman–Crippen MR) is 228 cm³/mol. The zero-order chi connectivity index (χ0) is 41.2. The normalized spacial score (nSPS) is 26.8. The van der Waals surface area contributed by atoms with E-state index in [9.17, 15) is 5.11 Å². The Hall–Kier alpha value is -5.36. The van der Waals surface area contributed by atoms with E-state index in [1.165, 1.54) is 6.39 Å². The van der Waals surface area contributed by atoms with Crippen LogP contribution in [0.2, 0.25) is 5.02 Å². The lowest BCUT2D eigenvalue weighted by Gasteiger charge is -2.56. The van der Waals surface area contributed by atoms with Crippen molar-refractivity contribution in [1.29, 1.82) is 0 Å². The number of rotatable bonds is 8. The number of halogens is 1. The molecule has 0 unspecified atom stereocenters. The number of aromatic nitrogens is 4. The van der Waals surface area contributed by atoms with Crippen molar-refractivity contribution in [3.05, 3.63) is 149 Å². The van der Waals surface area contributed by atoms with Crippen molar-refractivity contribution < 1.29 is 19.1 Å². The van der Waals surface area contributed by atoms with Crippen LogP contribution in [0.1, 0.15) is 117 Å². The van der Waals surface area contributed by atoms with Gasteiger partial charge in [0.15, 0.2) is 0 Å². The fourth-order valence-electron chi connectivity index (χ4n) is 11.6. The summed E-state index contributed by atoms with van der Waals surface area (Å²) < 4.78 is 7.63. The maximum atomic E-state index is 16.1. The molecule has 0 radical (unpaired) electrons. The number of amides is 2. The number of aliphatic hydroxyl groups is 1. The molecule has 2 amide bonds. The first kappa shape index (κ1) is 38.8. The predicted octanol–water partition coefficient (Wildman–Crippen LogP) is 8.69. The van der Waals surface area contributed by atoms with E-state index in [1.807, 2.05) is 114 Å². The van der Waals surface area contributed by atoms with Gasteiger partial charge in [0, 0.05) is 52.2 Å². The lowest BCUT2D eigenvalue weighted by atomic mass is 9.53. The van der Waals surface area contributed by atoms with Crippen LogP contribution in [0.15, 0.2) is 120 Å². The van der Waals surface area contributed by atoms with Gasteiger partial charge in [0.1, 0.15) is 17.1 Å². The number of nitrogens with zero attached hydrogens (tertiary/aromatic N) is 5. The first-order chi connectivity index (χ1) is 29.1. The molecule has 2 spiro atoms. The number of hydrogen-bond acceptors (Lipinski definition) is 8. The Balaban J connectivity index is 1.24. The van der Waals surface area contributed by atoms with Crippen molar-refractivity contribution in [2.45, 2.75) is 112 Å². The Labute approximate surface area is 354 Å². The SMILES string of the molecule is CC1(C)CCC2(CC1)N([C@H](c1ccccc1)[C@@H](O)c1ccccc1)[C@@H](C(=O)N[C@H]1CC[C@H](c3nnco3)CC1)[C@H](c1cnc3ccccn13)[C@]21C(=O)Nc2cc(Cl)ccc21. The second-order valence-electron chi connectivity index (χ2n) is 18.1. The minimum absolute atomic E-state index is 0.0214. The Morgan fingerprint density at radius 1 is 0.917 bits per heavy atom. The van der Waals surface area contributed by atoms with Gasteiger partial charge in [-0.2, -0.15) is 0 Å². The van der Waals surface area contributed by atoms with Crippen molar-refractivity contribution in [3.63, 3.8) is 0 Å². The van der Waals surface area contributed by atoms with Gasteiger partial charge in [-0.3, -0.25) is 14.5 Å². The van der Waals surface area contributed by atoms with Crippen molar-refractivity contribution in [2.75, 3.05) is 5.32 Å². The average molecular weight is 824 g/mol. The molecule has 2 aliphatic heterocycles. The summed E-state index contributed by atoms with van der Waals surface area (Å²) >= 11 is 6.71. The molecule has 2 saturated carbocycles. The minimum Gasteiger partial charge on any atom is -0.428 e. The molecule has 6 aromatic rings. The summed E-state index contributed by atoms with van der Waals surface area (Å²) in [6, 6.07) is 29.5. The van der Waals surface area contributed by atoms with Crippen LogP contribution < -0.4 is 10.6 Å². The quantitative estimate of drug-likeness (QED) is 0.139. The first-order valence-corrected chi connectivity index (χ1v) is 21.7. The van der Waals surface area contributed by atoms with Gasteiger partial charge in [0.05, 0.1) is 12.1 Å². The lowest BCUT2D eigenvalue weighted by molar-refractivity contribution is -0.137. The molecule has 12 heteroatoms. The van der Waals surface area contributed by atoms with Gasteiger partial charge in [-0.05, 0) is 97.7 Å². The second kappa shape index (κ2) is 15.0. The number of anilines is 1. The van der Waals surface area contributed by atoms with E-state index >= 15 is 9.59 Å². The fourth-order valence-corrected chi connectivity index (χ4v) is 11.8. The van der Waals surface area contributed by atoms with Crippen LogP contribution in [0.4, 0.5) is 5.69 Å². The van der Waals surface area contributed by atoms with Gasteiger partial charge in [-0.25, -0.2) is 4.98 Å². The molecule has 5 heterocycles. The number of likely N-dealkylation sites (tertiary alicyclic amines) is 1. The third-order valence-electron chi connectivity index (χ3n) is 14.5. The molecule has 3 N–H and O–H groups in total. The highest BCUT2D eigenvalue weighted by atomic mass is 35.5. The van der Waals surface area contributed by atoms with E-state index in [-0.39, 0.29) is 29.2 Å². The third-order valence-corrected chi connectivity index (χ3v) is 14.7. The van der Waals surface area contributed by atoms with E-state index in [1.54, 1.807) is 0 Å². The monoisotopic (exact) mass is 823 g/mol. The van der Waals surface area contributed by atoms with Crippen LogP contribution in [0, 0.1) is 5.41 Å². The molecule has 60 heavy (non-hydrogen) atoms. The zero-order valence-electron chi connectivity index (χ0n) is 33.9. The van der Waals surface area contributed by atoms with Gasteiger partial charge in [-0.1, -0.05) is 98.2 Å². The van der Waals surface area contributed by atoms with Gasteiger partial charge >= 0.3 is 0 Å². The summed E-state index contributed by atoms with van der Waals surface area (Å²) in [6.45, 7) is 4.58. The van der Waals surface area contributed by atoms with E-state index in [2.05, 4.69) is 39.6 Å². The van der Waals surface area contributed by atoms with Gasteiger partial charge in [0.25, 0.3) is 0 Å². The Morgan fingerprint density at radius 3 is 2.32 bits per heavy atom. The molecule has 0 bridgehead atoms. The fraction of sp³-hybridized carbons (Fsp3) is 0.396. The Kier molecular flexibility index (Phi) is 9.69. The van der Waals surface area contributed by atoms with Crippen molar-refractivity contribution in [1.82, 2.24) is 29.8 Å². The minimum atomic E-state index is -1.31. The molecule has 11 nitrogen and oxygen atoms in total. The number of fused-ring (bicyclic) bond motifs is 4. The van der Waals surface area contributed by atoms with Gasteiger partial charge in [0.2, 0.25) is 24.1 Å². The largest absolute Gasteiger partial charge is 0.428 e. The first-order valence-electron chi connectivity index (χ1n) is 21.3. The smallest absolute Gasteiger partial charge is 0.238 e. The number of carbonyl (C=O) groups is 2. The molecule has 2 aliphatic carbocycles. The van der Waals surface area contributed by atoms with E-state index in [4.69, 9.17) is 21.0 Å². The van der Waals surface area contributed by atoms with Crippen LogP contribution in [0.3, 0.4) is 0 Å². The highest BCUT2D eigenvalue weighted by molar-refractivity contribution is 6.31. The second-order valence-corrected chi connectivity index (χ2v) is 18.6. The number of nitrogens with one attached hydrogen (secondary N) is 2. The average Bonchev–Trinajstić information content (AvgIpc) is 4.05. The van der Waals surface area contributed by atoms with Crippen molar-refractivity contribution >= 4 is 34.7 Å². The number of carbonyl (C=O) groups excluding carboxylic acids is 2. The summed E-state index contributed by atoms with van der Waals surface area (Å²) in [4.78, 5) is 39.2. The number of benzene rings is 3. The molecular formula is C48H50ClN7O4. The zero-order valence-corrected chi connectivity index (χ0v) is 34.6. The molecule has 5 atom stereocenters. The number of pyridine rings is 1. The summed E-state index contributed by atoms with van der Waals surface area (Å²) in [5.41, 5.74) is 2.23. The van der Waals surface area contributed by atoms with E-state index < -0.39 is 35.1 Å². The molecule has 10 rings (SSSR count). The summed E-state index contributed by atoms with van der Waals surface area (Å²) in [5.74, 6) is -0.338. The highest BCUT2D eigenvalue weighted by Crippen LogP contribution is 2.69. The standard InChI is InChI=1S/C48H50ClN7O4/c1-46(2)22-24-47(25-23-46)48(35-21-18-33(49)27-36(35)53-45(48)59)39(37-28-50-38-15-9-10-26-55(37)38)41(43(58)52-34-19-16-32(17-20-34)44-54-51-29-60-44)56(47)40(30-11-5-3-6-12-30)42(57)31-13-7-4-8-14-31/h3-15,18,21,26-29,32,34,39-42,57H,16-17,19-20,22-25H2,1-2H3,(H,52,58)(H,53,59)/t32-,34-,39-,40+,41+,42-,48+/m0/s1. The van der Waals surface area contributed by atoms with E-state index in [0.717, 1.165) is 66.6 Å².